The molecule has 20 heavy (non-hydrogen) atoms. The fourth-order valence-electron chi connectivity index (χ4n) is 2.25. The van der Waals surface area contributed by atoms with E-state index in [1.54, 1.807) is 11.3 Å². The van der Waals surface area contributed by atoms with Gasteiger partial charge in [-0.2, -0.15) is 11.3 Å². The molecule has 1 heterocycles. The number of rotatable bonds is 7. The Balaban J connectivity index is 2.70. The Bertz CT molecular complexity index is 383. The highest BCUT2D eigenvalue weighted by Gasteiger charge is 2.18. The van der Waals surface area contributed by atoms with E-state index < -0.39 is 0 Å². The van der Waals surface area contributed by atoms with Crippen LogP contribution in [0.2, 0.25) is 0 Å². The van der Waals surface area contributed by atoms with Crippen molar-refractivity contribution in [2.75, 3.05) is 26.7 Å². The van der Waals surface area contributed by atoms with E-state index in [2.05, 4.69) is 65.0 Å². The lowest BCUT2D eigenvalue weighted by Gasteiger charge is -2.30. The van der Waals surface area contributed by atoms with Crippen LogP contribution in [0.15, 0.2) is 21.8 Å². The topological polar surface area (TPSA) is 39.7 Å². The summed E-state index contributed by atoms with van der Waals surface area (Å²) in [5.41, 5.74) is 1.38. The molecule has 1 aromatic rings. The van der Waals surface area contributed by atoms with E-state index in [4.69, 9.17) is 0 Å². The third kappa shape index (κ3) is 5.13. The first-order valence-corrected chi connectivity index (χ1v) is 8.29. The van der Waals surface area contributed by atoms with Gasteiger partial charge < -0.3 is 10.6 Å². The maximum atomic E-state index is 4.27. The molecule has 0 aromatic carbocycles. The SMILES string of the molecule is CCN(CC)C(CNC(=NC)NC(C)C)c1ccsc1. The van der Waals surface area contributed by atoms with Crippen molar-refractivity contribution >= 4 is 17.3 Å². The quantitative estimate of drug-likeness (QED) is 0.600. The molecule has 0 aliphatic heterocycles. The Labute approximate surface area is 127 Å². The zero-order valence-corrected chi connectivity index (χ0v) is 14.1. The minimum Gasteiger partial charge on any atom is -0.354 e. The Hall–Kier alpha value is -1.07. The summed E-state index contributed by atoms with van der Waals surface area (Å²) in [6, 6.07) is 2.99. The zero-order valence-electron chi connectivity index (χ0n) is 13.3. The molecule has 0 bridgehead atoms. The van der Waals surface area contributed by atoms with E-state index in [0.29, 0.717) is 12.1 Å². The summed E-state index contributed by atoms with van der Waals surface area (Å²) >= 11 is 1.76. The van der Waals surface area contributed by atoms with E-state index >= 15 is 0 Å². The fraction of sp³-hybridized carbons (Fsp3) is 0.667. The van der Waals surface area contributed by atoms with Crippen LogP contribution >= 0.6 is 11.3 Å². The molecule has 0 spiro atoms. The normalized spacial score (nSPS) is 13.8. The summed E-state index contributed by atoms with van der Waals surface area (Å²) < 4.78 is 0. The van der Waals surface area contributed by atoms with Crippen LogP contribution in [-0.2, 0) is 0 Å². The van der Waals surface area contributed by atoms with Gasteiger partial charge in [0.1, 0.15) is 0 Å². The third-order valence-corrected chi connectivity index (χ3v) is 3.99. The van der Waals surface area contributed by atoms with E-state index in [9.17, 15) is 0 Å². The molecule has 0 aliphatic rings. The van der Waals surface area contributed by atoms with Crippen molar-refractivity contribution in [3.05, 3.63) is 22.4 Å². The third-order valence-electron chi connectivity index (χ3n) is 3.29. The summed E-state index contributed by atoms with van der Waals surface area (Å²) in [6.07, 6.45) is 0. The second-order valence-corrected chi connectivity index (χ2v) is 5.83. The van der Waals surface area contributed by atoms with Crippen LogP contribution in [0.4, 0.5) is 0 Å². The molecular weight excluding hydrogens is 268 g/mol. The number of likely N-dealkylation sites (N-methyl/N-ethyl adjacent to an activating group) is 1. The maximum absolute atomic E-state index is 4.27. The molecule has 1 unspecified atom stereocenters. The van der Waals surface area contributed by atoms with Gasteiger partial charge in [0, 0.05) is 19.6 Å². The Kier molecular flexibility index (Phi) is 7.62. The van der Waals surface area contributed by atoms with Gasteiger partial charge in [0.25, 0.3) is 0 Å². The smallest absolute Gasteiger partial charge is 0.191 e. The minimum atomic E-state index is 0.384. The lowest BCUT2D eigenvalue weighted by Crippen LogP contribution is -2.45. The van der Waals surface area contributed by atoms with Crippen molar-refractivity contribution in [1.82, 2.24) is 15.5 Å². The van der Waals surface area contributed by atoms with Gasteiger partial charge in [-0.05, 0) is 49.3 Å². The molecule has 0 saturated carbocycles. The highest BCUT2D eigenvalue weighted by molar-refractivity contribution is 7.07. The van der Waals surface area contributed by atoms with Crippen LogP contribution in [-0.4, -0.2) is 43.6 Å². The predicted molar refractivity (Wildman–Crippen MR) is 89.6 cm³/mol. The Morgan fingerprint density at radius 2 is 2.05 bits per heavy atom. The summed E-state index contributed by atoms with van der Waals surface area (Å²) in [5.74, 6) is 0.868. The molecule has 0 amide bonds. The first-order chi connectivity index (χ1) is 9.62. The molecule has 0 fully saturated rings. The summed E-state index contributed by atoms with van der Waals surface area (Å²) in [4.78, 5) is 6.74. The zero-order chi connectivity index (χ0) is 15.0. The first kappa shape index (κ1) is 17.0. The molecule has 114 valence electrons. The van der Waals surface area contributed by atoms with E-state index in [0.717, 1.165) is 25.6 Å². The lowest BCUT2D eigenvalue weighted by molar-refractivity contribution is 0.219. The molecule has 0 aliphatic carbocycles. The molecule has 0 saturated heterocycles. The summed E-state index contributed by atoms with van der Waals surface area (Å²) in [5, 5.41) is 11.2. The van der Waals surface area contributed by atoms with Crippen molar-refractivity contribution < 1.29 is 0 Å². The van der Waals surface area contributed by atoms with Crippen LogP contribution in [0.3, 0.4) is 0 Å². The van der Waals surface area contributed by atoms with Crippen molar-refractivity contribution in [1.29, 1.82) is 0 Å². The van der Waals surface area contributed by atoms with Gasteiger partial charge in [0.05, 0.1) is 6.04 Å². The van der Waals surface area contributed by atoms with Gasteiger partial charge in [0.15, 0.2) is 5.96 Å². The average molecular weight is 296 g/mol. The van der Waals surface area contributed by atoms with E-state index in [1.807, 2.05) is 7.05 Å². The maximum Gasteiger partial charge on any atom is 0.191 e. The Morgan fingerprint density at radius 1 is 1.35 bits per heavy atom. The Morgan fingerprint density at radius 3 is 2.50 bits per heavy atom. The van der Waals surface area contributed by atoms with E-state index in [1.165, 1.54) is 5.56 Å². The van der Waals surface area contributed by atoms with Crippen LogP contribution in [0.25, 0.3) is 0 Å². The van der Waals surface area contributed by atoms with Crippen molar-refractivity contribution in [2.45, 2.75) is 39.8 Å². The van der Waals surface area contributed by atoms with Crippen LogP contribution in [0.1, 0.15) is 39.3 Å². The predicted octanol–water partition coefficient (Wildman–Crippen LogP) is 2.70. The standard InChI is InChI=1S/C15H28N4S/c1-6-19(7-2)14(13-8-9-20-11-13)10-17-15(16-5)18-12(3)4/h8-9,11-12,14H,6-7,10H2,1-5H3,(H2,16,17,18). The van der Waals surface area contributed by atoms with E-state index in [-0.39, 0.29) is 0 Å². The van der Waals surface area contributed by atoms with Gasteiger partial charge in [-0.25, -0.2) is 0 Å². The summed E-state index contributed by atoms with van der Waals surface area (Å²) in [6.45, 7) is 11.6. The van der Waals surface area contributed by atoms with Crippen molar-refractivity contribution in [3.8, 4) is 0 Å². The van der Waals surface area contributed by atoms with Gasteiger partial charge in [-0.15, -0.1) is 0 Å². The highest BCUT2D eigenvalue weighted by Crippen LogP contribution is 2.22. The second-order valence-electron chi connectivity index (χ2n) is 5.05. The first-order valence-electron chi connectivity index (χ1n) is 7.35. The fourth-order valence-corrected chi connectivity index (χ4v) is 2.96. The number of guanidine groups is 1. The van der Waals surface area contributed by atoms with Gasteiger partial charge in [-0.3, -0.25) is 9.89 Å². The molecule has 1 atom stereocenters. The second kappa shape index (κ2) is 8.97. The van der Waals surface area contributed by atoms with Crippen LogP contribution in [0, 0.1) is 0 Å². The number of nitrogens with zero attached hydrogens (tertiary/aromatic N) is 2. The van der Waals surface area contributed by atoms with Gasteiger partial charge >= 0.3 is 0 Å². The molecule has 4 nitrogen and oxygen atoms in total. The summed E-state index contributed by atoms with van der Waals surface area (Å²) in [7, 11) is 1.81. The van der Waals surface area contributed by atoms with Crippen molar-refractivity contribution in [3.63, 3.8) is 0 Å². The van der Waals surface area contributed by atoms with Gasteiger partial charge in [0.2, 0.25) is 0 Å². The lowest BCUT2D eigenvalue weighted by atomic mass is 10.1. The van der Waals surface area contributed by atoms with Crippen molar-refractivity contribution in [2.24, 2.45) is 4.99 Å². The number of nitrogens with one attached hydrogen (secondary N) is 2. The molecule has 0 radical (unpaired) electrons. The molecule has 1 rings (SSSR count). The monoisotopic (exact) mass is 296 g/mol. The van der Waals surface area contributed by atoms with Gasteiger partial charge in [-0.1, -0.05) is 13.8 Å². The molecular formula is C15H28N4S. The molecule has 2 N–H and O–H groups in total. The van der Waals surface area contributed by atoms with Crippen LogP contribution < -0.4 is 10.6 Å². The number of aliphatic imine (C=N–C) groups is 1. The molecule has 1 aromatic heterocycles. The van der Waals surface area contributed by atoms with Crippen LogP contribution in [0.5, 0.6) is 0 Å². The minimum absolute atomic E-state index is 0.384. The number of hydrogen-bond donors (Lipinski definition) is 2. The average Bonchev–Trinajstić information content (AvgIpc) is 2.95. The largest absolute Gasteiger partial charge is 0.354 e. The number of thiophene rings is 1. The highest BCUT2D eigenvalue weighted by atomic mass is 32.1. The number of hydrogen-bond acceptors (Lipinski definition) is 3. The molecule has 5 heteroatoms.